The SMILES string of the molecule is COC(=O)c1sccc1NC(=O)C(=O)NC[C@H](c1cnn(C)c1)N(C)C. The van der Waals surface area contributed by atoms with E-state index < -0.39 is 17.8 Å². The number of carbonyl (C=O) groups excluding carboxylic acids is 3. The number of nitrogens with zero attached hydrogens (tertiary/aromatic N) is 3. The zero-order chi connectivity index (χ0) is 19.3. The summed E-state index contributed by atoms with van der Waals surface area (Å²) in [5.41, 5.74) is 1.17. The fourth-order valence-corrected chi connectivity index (χ4v) is 3.08. The first-order valence-corrected chi connectivity index (χ1v) is 8.61. The summed E-state index contributed by atoms with van der Waals surface area (Å²) < 4.78 is 6.31. The van der Waals surface area contributed by atoms with Crippen LogP contribution in [-0.4, -0.2) is 60.2 Å². The lowest BCUT2D eigenvalue weighted by Gasteiger charge is -2.23. The smallest absolute Gasteiger partial charge is 0.350 e. The Kier molecular flexibility index (Phi) is 6.47. The molecule has 10 heteroatoms. The summed E-state index contributed by atoms with van der Waals surface area (Å²) in [5.74, 6) is -2.21. The van der Waals surface area contributed by atoms with E-state index in [1.807, 2.05) is 32.2 Å². The molecule has 140 valence electrons. The molecule has 2 aromatic rings. The van der Waals surface area contributed by atoms with Crippen LogP contribution >= 0.6 is 11.3 Å². The van der Waals surface area contributed by atoms with Gasteiger partial charge in [-0.15, -0.1) is 11.3 Å². The number of aryl methyl sites for hydroxylation is 1. The van der Waals surface area contributed by atoms with Gasteiger partial charge in [0, 0.05) is 25.4 Å². The van der Waals surface area contributed by atoms with Gasteiger partial charge >= 0.3 is 17.8 Å². The van der Waals surface area contributed by atoms with Crippen LogP contribution in [0.5, 0.6) is 0 Å². The number of likely N-dealkylation sites (N-methyl/N-ethyl adjacent to an activating group) is 1. The van der Waals surface area contributed by atoms with Crippen molar-refractivity contribution in [1.29, 1.82) is 0 Å². The maximum Gasteiger partial charge on any atom is 0.350 e. The molecule has 0 aliphatic carbocycles. The lowest BCUT2D eigenvalue weighted by molar-refractivity contribution is -0.136. The summed E-state index contributed by atoms with van der Waals surface area (Å²) in [6, 6.07) is 1.41. The molecule has 0 saturated heterocycles. The first-order chi connectivity index (χ1) is 12.3. The van der Waals surface area contributed by atoms with E-state index in [9.17, 15) is 14.4 Å². The van der Waals surface area contributed by atoms with E-state index in [2.05, 4.69) is 20.5 Å². The fourth-order valence-electron chi connectivity index (χ4n) is 2.32. The van der Waals surface area contributed by atoms with Crippen molar-refractivity contribution in [2.24, 2.45) is 7.05 Å². The average molecular weight is 379 g/mol. The Bertz CT molecular complexity index is 798. The standard InChI is InChI=1S/C16H21N5O4S/c1-20(2)12(10-7-18-21(3)9-10)8-17-14(22)15(23)19-11-5-6-26-13(11)16(24)25-4/h5-7,9,12H,8H2,1-4H3,(H,17,22)(H,19,23)/t12-/m1/s1. The maximum atomic E-state index is 12.1. The van der Waals surface area contributed by atoms with Crippen molar-refractivity contribution in [3.63, 3.8) is 0 Å². The molecule has 0 aliphatic heterocycles. The highest BCUT2D eigenvalue weighted by Gasteiger charge is 2.22. The summed E-state index contributed by atoms with van der Waals surface area (Å²) in [6.07, 6.45) is 3.57. The van der Waals surface area contributed by atoms with Gasteiger partial charge in [0.2, 0.25) is 0 Å². The van der Waals surface area contributed by atoms with Crippen molar-refractivity contribution >= 4 is 34.8 Å². The average Bonchev–Trinajstić information content (AvgIpc) is 3.23. The van der Waals surface area contributed by atoms with Crippen LogP contribution in [0.2, 0.25) is 0 Å². The van der Waals surface area contributed by atoms with Crippen molar-refractivity contribution < 1.29 is 19.1 Å². The minimum absolute atomic E-state index is 0.132. The van der Waals surface area contributed by atoms with Gasteiger partial charge in [-0.2, -0.15) is 5.10 Å². The van der Waals surface area contributed by atoms with Crippen LogP contribution < -0.4 is 10.6 Å². The van der Waals surface area contributed by atoms with Gasteiger partial charge in [-0.05, 0) is 25.5 Å². The Morgan fingerprint density at radius 1 is 1.35 bits per heavy atom. The number of anilines is 1. The Hall–Kier alpha value is -2.72. The van der Waals surface area contributed by atoms with Crippen molar-refractivity contribution in [1.82, 2.24) is 20.0 Å². The van der Waals surface area contributed by atoms with E-state index in [-0.39, 0.29) is 23.2 Å². The molecule has 0 fully saturated rings. The normalized spacial score (nSPS) is 11.9. The second-order valence-electron chi connectivity index (χ2n) is 5.75. The Labute approximate surface area is 154 Å². The summed E-state index contributed by atoms with van der Waals surface area (Å²) in [6.45, 7) is 0.235. The Balaban J connectivity index is 1.97. The monoisotopic (exact) mass is 379 g/mol. The molecule has 2 heterocycles. The number of amides is 2. The van der Waals surface area contributed by atoms with Crippen LogP contribution in [0.25, 0.3) is 0 Å². The first-order valence-electron chi connectivity index (χ1n) is 7.73. The van der Waals surface area contributed by atoms with E-state index in [1.54, 1.807) is 22.3 Å². The number of aromatic nitrogens is 2. The first kappa shape index (κ1) is 19.6. The van der Waals surface area contributed by atoms with Crippen LogP contribution in [-0.2, 0) is 21.4 Å². The minimum atomic E-state index is -0.850. The summed E-state index contributed by atoms with van der Waals surface area (Å²) in [4.78, 5) is 38.0. The third-order valence-electron chi connectivity index (χ3n) is 3.68. The molecule has 1 atom stereocenters. The van der Waals surface area contributed by atoms with Gasteiger partial charge in [0.15, 0.2) is 0 Å². The van der Waals surface area contributed by atoms with Crippen LogP contribution in [0.1, 0.15) is 21.3 Å². The summed E-state index contributed by atoms with van der Waals surface area (Å²) >= 11 is 1.12. The molecule has 2 rings (SSSR count). The topological polar surface area (TPSA) is 106 Å². The summed E-state index contributed by atoms with van der Waals surface area (Å²) in [5, 5.41) is 10.8. The Morgan fingerprint density at radius 3 is 2.65 bits per heavy atom. The summed E-state index contributed by atoms with van der Waals surface area (Å²) in [7, 11) is 6.80. The van der Waals surface area contributed by atoms with E-state index in [1.165, 1.54) is 7.11 Å². The highest BCUT2D eigenvalue weighted by Crippen LogP contribution is 2.23. The van der Waals surface area contributed by atoms with Crippen LogP contribution in [0.4, 0.5) is 5.69 Å². The maximum absolute atomic E-state index is 12.1. The Morgan fingerprint density at radius 2 is 2.08 bits per heavy atom. The number of rotatable bonds is 6. The predicted molar refractivity (Wildman–Crippen MR) is 96.9 cm³/mol. The quantitative estimate of drug-likeness (QED) is 0.563. The van der Waals surface area contributed by atoms with Gasteiger partial charge in [-0.1, -0.05) is 0 Å². The van der Waals surface area contributed by atoms with Gasteiger partial charge in [0.05, 0.1) is 25.0 Å². The third-order valence-corrected chi connectivity index (χ3v) is 4.57. The van der Waals surface area contributed by atoms with Gasteiger partial charge in [-0.25, -0.2) is 4.79 Å². The molecule has 0 aliphatic rings. The lowest BCUT2D eigenvalue weighted by atomic mass is 10.1. The van der Waals surface area contributed by atoms with E-state index in [4.69, 9.17) is 0 Å². The largest absolute Gasteiger partial charge is 0.465 e. The molecule has 0 unspecified atom stereocenters. The van der Waals surface area contributed by atoms with Gasteiger partial charge in [0.25, 0.3) is 0 Å². The van der Waals surface area contributed by atoms with Gasteiger partial charge < -0.3 is 20.3 Å². The molecule has 0 spiro atoms. The predicted octanol–water partition coefficient (Wildman–Crippen LogP) is 0.626. The second kappa shape index (κ2) is 8.59. The van der Waals surface area contributed by atoms with Crippen molar-refractivity contribution in [3.05, 3.63) is 34.3 Å². The highest BCUT2D eigenvalue weighted by atomic mass is 32.1. The number of nitrogens with one attached hydrogen (secondary N) is 2. The second-order valence-corrected chi connectivity index (χ2v) is 6.66. The molecule has 2 aromatic heterocycles. The van der Waals surface area contributed by atoms with E-state index in [0.29, 0.717) is 0 Å². The molecule has 0 bridgehead atoms. The zero-order valence-electron chi connectivity index (χ0n) is 15.0. The number of hydrogen-bond acceptors (Lipinski definition) is 7. The molecule has 0 aromatic carbocycles. The number of carbonyl (C=O) groups is 3. The molecular weight excluding hydrogens is 358 g/mol. The van der Waals surface area contributed by atoms with Crippen LogP contribution in [0.3, 0.4) is 0 Å². The molecule has 9 nitrogen and oxygen atoms in total. The molecule has 26 heavy (non-hydrogen) atoms. The minimum Gasteiger partial charge on any atom is -0.465 e. The third kappa shape index (κ3) is 4.67. The zero-order valence-corrected chi connectivity index (χ0v) is 15.8. The number of ether oxygens (including phenoxy) is 1. The number of methoxy groups -OCH3 is 1. The number of hydrogen-bond donors (Lipinski definition) is 2. The van der Waals surface area contributed by atoms with Crippen molar-refractivity contribution in [3.8, 4) is 0 Å². The van der Waals surface area contributed by atoms with Gasteiger partial charge in [-0.3, -0.25) is 14.3 Å². The number of thiophene rings is 1. The van der Waals surface area contributed by atoms with Crippen molar-refractivity contribution in [2.45, 2.75) is 6.04 Å². The molecule has 2 amide bonds. The van der Waals surface area contributed by atoms with Crippen LogP contribution in [0.15, 0.2) is 23.8 Å². The fraction of sp³-hybridized carbons (Fsp3) is 0.375. The lowest BCUT2D eigenvalue weighted by Crippen LogP contribution is -2.40. The molecule has 2 N–H and O–H groups in total. The highest BCUT2D eigenvalue weighted by molar-refractivity contribution is 7.12. The van der Waals surface area contributed by atoms with E-state index >= 15 is 0 Å². The number of esters is 1. The van der Waals surface area contributed by atoms with E-state index in [0.717, 1.165) is 16.9 Å². The van der Waals surface area contributed by atoms with Crippen molar-refractivity contribution in [2.75, 3.05) is 33.1 Å². The molecule has 0 saturated carbocycles. The van der Waals surface area contributed by atoms with Crippen LogP contribution in [0, 0.1) is 0 Å². The van der Waals surface area contributed by atoms with Gasteiger partial charge in [0.1, 0.15) is 4.88 Å². The molecule has 0 radical (unpaired) electrons. The molecular formula is C16H21N5O4S.